The third kappa shape index (κ3) is 2.80. The van der Waals surface area contributed by atoms with Crippen LogP contribution in [0.5, 0.6) is 0 Å². The molecule has 1 aliphatic carbocycles. The highest BCUT2D eigenvalue weighted by atomic mass is 16.8. The largest absolute Gasteiger partial charge is 0.446 e. The summed E-state index contributed by atoms with van der Waals surface area (Å²) >= 11 is 0. The van der Waals surface area contributed by atoms with E-state index in [0.717, 1.165) is 25.7 Å². The molecule has 94 valence electrons. The molecule has 4 heteroatoms. The first-order valence-corrected chi connectivity index (χ1v) is 6.10. The van der Waals surface area contributed by atoms with Gasteiger partial charge in [0.1, 0.15) is 6.10 Å². The monoisotopic (exact) mass is 238 g/mol. The summed E-state index contributed by atoms with van der Waals surface area (Å²) in [6, 6.07) is 0. The molecule has 1 heterocycles. The standard InChI is InChI=1S/C13H18O4/c1-3-11(16-10(2)14)12-9-15-13(17-12)7-5-4-6-8-13/h1,11-12H,4-9H2,2H3/t11-,12-/m1/s1. The molecule has 0 aromatic carbocycles. The second-order valence-corrected chi connectivity index (χ2v) is 4.64. The van der Waals surface area contributed by atoms with Gasteiger partial charge in [-0.25, -0.2) is 0 Å². The van der Waals surface area contributed by atoms with Crippen LogP contribution in [0.1, 0.15) is 39.0 Å². The second kappa shape index (κ2) is 5.07. The van der Waals surface area contributed by atoms with E-state index >= 15 is 0 Å². The number of rotatable bonds is 2. The van der Waals surface area contributed by atoms with E-state index in [4.69, 9.17) is 20.6 Å². The van der Waals surface area contributed by atoms with Gasteiger partial charge in [-0.3, -0.25) is 4.79 Å². The first-order chi connectivity index (χ1) is 8.15. The molecule has 1 spiro atoms. The van der Waals surface area contributed by atoms with Gasteiger partial charge in [0, 0.05) is 19.8 Å². The van der Waals surface area contributed by atoms with Crippen molar-refractivity contribution >= 4 is 5.97 Å². The normalized spacial score (nSPS) is 28.6. The topological polar surface area (TPSA) is 44.8 Å². The zero-order chi connectivity index (χ0) is 12.3. The maximum absolute atomic E-state index is 10.9. The lowest BCUT2D eigenvalue weighted by atomic mass is 9.94. The van der Waals surface area contributed by atoms with E-state index in [1.165, 1.54) is 13.3 Å². The number of terminal acetylenes is 1. The number of hydrogen-bond donors (Lipinski definition) is 0. The van der Waals surface area contributed by atoms with Gasteiger partial charge in [-0.05, 0) is 12.8 Å². The Morgan fingerprint density at radius 3 is 2.76 bits per heavy atom. The Balaban J connectivity index is 1.96. The van der Waals surface area contributed by atoms with E-state index in [2.05, 4.69) is 5.92 Å². The van der Waals surface area contributed by atoms with Crippen molar-refractivity contribution in [2.75, 3.05) is 6.61 Å². The molecule has 0 unspecified atom stereocenters. The Morgan fingerprint density at radius 1 is 1.47 bits per heavy atom. The van der Waals surface area contributed by atoms with Gasteiger partial charge < -0.3 is 14.2 Å². The molecule has 2 fully saturated rings. The lowest BCUT2D eigenvalue weighted by Gasteiger charge is -2.32. The van der Waals surface area contributed by atoms with Crippen LogP contribution in [0.15, 0.2) is 0 Å². The molecular weight excluding hydrogens is 220 g/mol. The number of esters is 1. The van der Waals surface area contributed by atoms with E-state index < -0.39 is 11.9 Å². The van der Waals surface area contributed by atoms with Crippen LogP contribution in [0.3, 0.4) is 0 Å². The van der Waals surface area contributed by atoms with Gasteiger partial charge in [-0.2, -0.15) is 0 Å². The average Bonchev–Trinajstić information content (AvgIpc) is 2.71. The summed E-state index contributed by atoms with van der Waals surface area (Å²) in [6.07, 6.45) is 9.64. The third-order valence-corrected chi connectivity index (χ3v) is 3.29. The Bertz CT molecular complexity index is 325. The lowest BCUT2D eigenvalue weighted by molar-refractivity contribution is -0.196. The van der Waals surface area contributed by atoms with Crippen LogP contribution in [0.4, 0.5) is 0 Å². The lowest BCUT2D eigenvalue weighted by Crippen LogP contribution is -2.37. The molecule has 17 heavy (non-hydrogen) atoms. The molecule has 1 aliphatic heterocycles. The van der Waals surface area contributed by atoms with Gasteiger partial charge in [-0.15, -0.1) is 6.42 Å². The molecule has 2 atom stereocenters. The van der Waals surface area contributed by atoms with Gasteiger partial charge in [-0.1, -0.05) is 12.3 Å². The van der Waals surface area contributed by atoms with Crippen molar-refractivity contribution in [1.29, 1.82) is 0 Å². The smallest absolute Gasteiger partial charge is 0.303 e. The zero-order valence-corrected chi connectivity index (χ0v) is 10.1. The summed E-state index contributed by atoms with van der Waals surface area (Å²) in [6.45, 7) is 1.75. The molecule has 0 amide bonds. The van der Waals surface area contributed by atoms with E-state index in [0.29, 0.717) is 6.61 Å². The molecule has 1 saturated heterocycles. The predicted octanol–water partition coefficient (Wildman–Crippen LogP) is 1.63. The Morgan fingerprint density at radius 2 is 2.18 bits per heavy atom. The number of hydrogen-bond acceptors (Lipinski definition) is 4. The molecule has 2 rings (SSSR count). The van der Waals surface area contributed by atoms with Gasteiger partial charge in [0.15, 0.2) is 11.9 Å². The molecule has 0 aromatic heterocycles. The molecule has 0 radical (unpaired) electrons. The van der Waals surface area contributed by atoms with E-state index in [1.54, 1.807) is 0 Å². The van der Waals surface area contributed by atoms with Crippen LogP contribution in [-0.4, -0.2) is 30.6 Å². The minimum absolute atomic E-state index is 0.331. The minimum atomic E-state index is -0.645. The molecular formula is C13H18O4. The highest BCUT2D eigenvalue weighted by Gasteiger charge is 2.45. The fourth-order valence-corrected chi connectivity index (χ4v) is 2.48. The molecule has 0 aromatic rings. The molecule has 1 saturated carbocycles. The quantitative estimate of drug-likeness (QED) is 0.542. The predicted molar refractivity (Wildman–Crippen MR) is 61.0 cm³/mol. The maximum Gasteiger partial charge on any atom is 0.303 e. The highest BCUT2D eigenvalue weighted by molar-refractivity contribution is 5.66. The van der Waals surface area contributed by atoms with Crippen LogP contribution >= 0.6 is 0 Å². The van der Waals surface area contributed by atoms with Crippen LogP contribution in [0.25, 0.3) is 0 Å². The molecule has 4 nitrogen and oxygen atoms in total. The Kier molecular flexibility index (Phi) is 3.70. The average molecular weight is 238 g/mol. The van der Waals surface area contributed by atoms with Crippen molar-refractivity contribution < 1.29 is 19.0 Å². The van der Waals surface area contributed by atoms with Gasteiger partial charge in [0.2, 0.25) is 0 Å². The van der Waals surface area contributed by atoms with Crippen molar-refractivity contribution in [3.8, 4) is 12.3 Å². The highest BCUT2D eigenvalue weighted by Crippen LogP contribution is 2.38. The van der Waals surface area contributed by atoms with Crippen molar-refractivity contribution in [3.05, 3.63) is 0 Å². The summed E-state index contributed by atoms with van der Waals surface area (Å²) < 4.78 is 16.7. The SMILES string of the molecule is C#C[C@@H](OC(C)=O)[C@H]1COC2(CCCCC2)O1. The maximum atomic E-state index is 10.9. The van der Waals surface area contributed by atoms with Gasteiger partial charge in [0.05, 0.1) is 6.61 Å². The van der Waals surface area contributed by atoms with E-state index in [1.807, 2.05) is 0 Å². The van der Waals surface area contributed by atoms with Crippen LogP contribution < -0.4 is 0 Å². The van der Waals surface area contributed by atoms with Crippen LogP contribution in [0.2, 0.25) is 0 Å². The fourth-order valence-electron chi connectivity index (χ4n) is 2.48. The van der Waals surface area contributed by atoms with Gasteiger partial charge in [0.25, 0.3) is 0 Å². The van der Waals surface area contributed by atoms with Crippen molar-refractivity contribution in [2.45, 2.75) is 57.0 Å². The molecule has 2 aliphatic rings. The Hall–Kier alpha value is -1.05. The third-order valence-electron chi connectivity index (χ3n) is 3.29. The second-order valence-electron chi connectivity index (χ2n) is 4.64. The zero-order valence-electron chi connectivity index (χ0n) is 10.1. The minimum Gasteiger partial charge on any atom is -0.446 e. The molecule has 0 bridgehead atoms. The van der Waals surface area contributed by atoms with Crippen molar-refractivity contribution in [2.24, 2.45) is 0 Å². The van der Waals surface area contributed by atoms with E-state index in [-0.39, 0.29) is 12.1 Å². The van der Waals surface area contributed by atoms with E-state index in [9.17, 15) is 4.79 Å². The summed E-state index contributed by atoms with van der Waals surface area (Å²) in [5.74, 6) is 1.59. The van der Waals surface area contributed by atoms with Crippen molar-refractivity contribution in [1.82, 2.24) is 0 Å². The van der Waals surface area contributed by atoms with Crippen LogP contribution in [-0.2, 0) is 19.0 Å². The summed E-state index contributed by atoms with van der Waals surface area (Å²) in [5, 5.41) is 0. The number of ether oxygens (including phenoxy) is 3. The first-order valence-electron chi connectivity index (χ1n) is 6.10. The van der Waals surface area contributed by atoms with Crippen molar-refractivity contribution in [3.63, 3.8) is 0 Å². The molecule has 0 N–H and O–H groups in total. The first kappa shape index (κ1) is 12.4. The number of carbonyl (C=O) groups is 1. The Labute approximate surface area is 102 Å². The van der Waals surface area contributed by atoms with Crippen LogP contribution in [0, 0.1) is 12.3 Å². The van der Waals surface area contributed by atoms with Gasteiger partial charge >= 0.3 is 5.97 Å². The number of carbonyl (C=O) groups excluding carboxylic acids is 1. The summed E-state index contributed by atoms with van der Waals surface area (Å²) in [4.78, 5) is 10.9. The fraction of sp³-hybridized carbons (Fsp3) is 0.769. The summed E-state index contributed by atoms with van der Waals surface area (Å²) in [5.41, 5.74) is 0. The summed E-state index contributed by atoms with van der Waals surface area (Å²) in [7, 11) is 0.